The number of hydrogen-bond acceptors (Lipinski definition) is 9. The van der Waals surface area contributed by atoms with Gasteiger partial charge in [-0.3, -0.25) is 9.48 Å². The fraction of sp³-hybridized carbons (Fsp3) is 0.394. The fourth-order valence-electron chi connectivity index (χ4n) is 7.26. The van der Waals surface area contributed by atoms with Gasteiger partial charge in [0.1, 0.15) is 17.2 Å². The molecule has 0 aliphatic heterocycles. The zero-order chi connectivity index (χ0) is 33.0. The molecule has 14 heteroatoms. The van der Waals surface area contributed by atoms with Crippen LogP contribution in [0.2, 0.25) is 0 Å². The van der Waals surface area contributed by atoms with Crippen LogP contribution in [0.3, 0.4) is 0 Å². The zero-order valence-electron chi connectivity index (χ0n) is 26.1. The highest BCUT2D eigenvalue weighted by Gasteiger charge is 2.48. The van der Waals surface area contributed by atoms with E-state index in [2.05, 4.69) is 25.1 Å². The van der Waals surface area contributed by atoms with Gasteiger partial charge in [0, 0.05) is 18.8 Å². The first-order valence-electron chi connectivity index (χ1n) is 15.6. The van der Waals surface area contributed by atoms with Crippen molar-refractivity contribution in [2.45, 2.75) is 50.8 Å². The lowest BCUT2D eigenvalue weighted by molar-refractivity contribution is -0.158. The molecule has 0 radical (unpaired) electrons. The van der Waals surface area contributed by atoms with Crippen molar-refractivity contribution in [3.05, 3.63) is 71.8 Å². The number of aryl methyl sites for hydroxylation is 2. The summed E-state index contributed by atoms with van der Waals surface area (Å²) in [7, 11) is -2.60. The van der Waals surface area contributed by atoms with E-state index in [-0.39, 0.29) is 81.5 Å². The molecule has 3 saturated carbocycles. The molecule has 5 aromatic rings. The Morgan fingerprint density at radius 1 is 1.02 bits per heavy atom. The van der Waals surface area contributed by atoms with Crippen LogP contribution in [0.5, 0.6) is 0 Å². The second-order valence-corrected chi connectivity index (χ2v) is 14.2. The molecule has 0 unspecified atom stereocenters. The van der Waals surface area contributed by atoms with E-state index in [0.29, 0.717) is 5.56 Å². The van der Waals surface area contributed by atoms with Crippen LogP contribution in [-0.2, 0) is 33.0 Å². The molecular formula is C33H33F2N7O4S. The topological polar surface area (TPSA) is 135 Å². The van der Waals surface area contributed by atoms with Crippen molar-refractivity contribution in [2.24, 2.45) is 30.7 Å². The number of ether oxygens (including phenoxy) is 1. The first kappa shape index (κ1) is 31.0. The van der Waals surface area contributed by atoms with Gasteiger partial charge in [-0.15, -0.1) is 4.09 Å². The second-order valence-electron chi connectivity index (χ2n) is 12.4. The van der Waals surface area contributed by atoms with E-state index < -0.39 is 21.7 Å². The number of halogens is 2. The van der Waals surface area contributed by atoms with E-state index in [4.69, 9.17) is 4.74 Å². The lowest BCUT2D eigenvalue weighted by Gasteiger charge is -2.47. The number of aromatic nitrogens is 7. The molecule has 1 aromatic carbocycles. The average molecular weight is 662 g/mol. The lowest BCUT2D eigenvalue weighted by Crippen LogP contribution is -2.45. The van der Waals surface area contributed by atoms with Gasteiger partial charge in [-0.2, -0.15) is 18.6 Å². The molecule has 2 bridgehead atoms. The van der Waals surface area contributed by atoms with E-state index in [1.165, 1.54) is 23.0 Å². The number of carbonyl (C=O) groups is 1. The second kappa shape index (κ2) is 11.9. The van der Waals surface area contributed by atoms with E-state index >= 15 is 4.39 Å². The van der Waals surface area contributed by atoms with Gasteiger partial charge in [0.2, 0.25) is 0 Å². The summed E-state index contributed by atoms with van der Waals surface area (Å²) in [6.45, 7) is 3.85. The highest BCUT2D eigenvalue weighted by molar-refractivity contribution is 7.90. The molecule has 4 heterocycles. The van der Waals surface area contributed by atoms with Crippen molar-refractivity contribution >= 4 is 27.0 Å². The molecule has 0 N–H and O–H groups in total. The minimum Gasteiger partial charge on any atom is -0.466 e. The number of pyridine rings is 1. The van der Waals surface area contributed by atoms with Crippen LogP contribution >= 0.6 is 0 Å². The smallest absolute Gasteiger partial charge is 0.309 e. The van der Waals surface area contributed by atoms with Crippen LogP contribution in [0.4, 0.5) is 8.78 Å². The van der Waals surface area contributed by atoms with Crippen LogP contribution in [0, 0.1) is 42.2 Å². The van der Waals surface area contributed by atoms with Crippen LogP contribution in [0.25, 0.3) is 33.8 Å². The Bertz CT molecular complexity index is 2110. The summed E-state index contributed by atoms with van der Waals surface area (Å²) < 4.78 is 66.5. The molecule has 47 heavy (non-hydrogen) atoms. The van der Waals surface area contributed by atoms with Crippen LogP contribution in [-0.4, -0.2) is 54.9 Å². The Morgan fingerprint density at radius 2 is 1.74 bits per heavy atom. The third-order valence-electron chi connectivity index (χ3n) is 9.50. The monoisotopic (exact) mass is 661 g/mol. The first-order valence-corrected chi connectivity index (χ1v) is 17.1. The predicted molar refractivity (Wildman–Crippen MR) is 167 cm³/mol. The molecule has 3 aliphatic rings. The largest absolute Gasteiger partial charge is 0.466 e. The zero-order valence-corrected chi connectivity index (χ0v) is 26.9. The van der Waals surface area contributed by atoms with Crippen molar-refractivity contribution in [3.8, 4) is 22.8 Å². The summed E-state index contributed by atoms with van der Waals surface area (Å²) >= 11 is 0. The van der Waals surface area contributed by atoms with Crippen molar-refractivity contribution < 1.29 is 26.7 Å². The number of rotatable bonds is 8. The minimum atomic E-state index is -4.28. The molecular weight excluding hydrogens is 628 g/mol. The molecule has 3 aliphatic carbocycles. The normalized spacial score (nSPS) is 21.0. The maximum Gasteiger partial charge on any atom is 0.309 e. The summed E-state index contributed by atoms with van der Waals surface area (Å²) in [5.41, 5.74) is 0.992. The maximum atomic E-state index is 16.5. The van der Waals surface area contributed by atoms with Gasteiger partial charge in [0.25, 0.3) is 10.0 Å². The van der Waals surface area contributed by atoms with E-state index in [0.717, 1.165) is 47.6 Å². The van der Waals surface area contributed by atoms with Gasteiger partial charge < -0.3 is 4.74 Å². The number of nitrogens with zero attached hydrogens (tertiary/aromatic N) is 7. The quantitative estimate of drug-likeness (QED) is 0.204. The number of esters is 1. The molecule has 2 atom stereocenters. The van der Waals surface area contributed by atoms with Crippen LogP contribution in [0.1, 0.15) is 43.9 Å². The van der Waals surface area contributed by atoms with E-state index in [1.807, 2.05) is 6.92 Å². The summed E-state index contributed by atoms with van der Waals surface area (Å²) in [6, 6.07) is 7.32. The van der Waals surface area contributed by atoms with Gasteiger partial charge >= 0.3 is 5.97 Å². The molecule has 244 valence electrons. The Balaban J connectivity index is 1.41. The maximum absolute atomic E-state index is 16.5. The Labute approximate surface area is 270 Å². The number of hydrogen-bond donors (Lipinski definition) is 0. The summed E-state index contributed by atoms with van der Waals surface area (Å²) in [6.07, 6.45) is 7.79. The molecule has 0 spiro atoms. The van der Waals surface area contributed by atoms with Crippen molar-refractivity contribution in [3.63, 3.8) is 0 Å². The van der Waals surface area contributed by atoms with Crippen molar-refractivity contribution in [2.75, 3.05) is 6.61 Å². The highest BCUT2D eigenvalue weighted by Crippen LogP contribution is 2.50. The first-order chi connectivity index (χ1) is 22.5. The number of benzene rings is 1. The SMILES string of the molecule is CCOC(=O)[C@H]1C2CCC(CC2)[C@@H]1Cc1nc(-c2nn(S(=O)(=O)c3ccc(C)cc3)c3ncc(F)cc23)nc(-c2cnn(C)c2)c1F. The minimum absolute atomic E-state index is 0.0384. The molecule has 8 rings (SSSR count). The summed E-state index contributed by atoms with van der Waals surface area (Å²) in [5.74, 6) is -2.05. The molecule has 0 amide bonds. The molecule has 11 nitrogen and oxygen atoms in total. The van der Waals surface area contributed by atoms with Crippen molar-refractivity contribution in [1.29, 1.82) is 0 Å². The lowest BCUT2D eigenvalue weighted by atomic mass is 9.57. The third kappa shape index (κ3) is 5.47. The van der Waals surface area contributed by atoms with Gasteiger partial charge in [0.15, 0.2) is 17.3 Å². The average Bonchev–Trinajstić information content (AvgIpc) is 3.66. The standard InChI is InChI=1S/C33H33F2N7O4S/c1-4-46-33(43)27-20-9-7-19(8-10-20)24(27)14-26-28(35)29(21-15-37-41(3)17-21)39-31(38-26)30-25-13-22(34)16-36-32(25)42(40-30)47(44,45)23-11-5-18(2)6-12-23/h5-6,11-13,15-17,19-20,24,27H,4,7-10,14H2,1-3H3/t19?,20?,24-,27-/m0/s1. The molecule has 0 saturated heterocycles. The Morgan fingerprint density at radius 3 is 2.43 bits per heavy atom. The Kier molecular flexibility index (Phi) is 7.85. The van der Waals surface area contributed by atoms with Gasteiger partial charge in [0.05, 0.1) is 40.9 Å². The van der Waals surface area contributed by atoms with E-state index in [9.17, 15) is 17.6 Å². The molecule has 3 fully saturated rings. The highest BCUT2D eigenvalue weighted by atomic mass is 32.2. The van der Waals surface area contributed by atoms with Gasteiger partial charge in [-0.05, 0) is 81.9 Å². The Hall–Kier alpha value is -4.59. The summed E-state index contributed by atoms with van der Waals surface area (Å²) in [5, 5.41) is 8.61. The number of carbonyl (C=O) groups excluding carboxylic acids is 1. The van der Waals surface area contributed by atoms with Gasteiger partial charge in [-0.1, -0.05) is 17.7 Å². The summed E-state index contributed by atoms with van der Waals surface area (Å²) in [4.78, 5) is 26.4. The van der Waals surface area contributed by atoms with Crippen molar-refractivity contribution in [1.82, 2.24) is 33.9 Å². The van der Waals surface area contributed by atoms with Gasteiger partial charge in [-0.25, -0.2) is 23.7 Å². The predicted octanol–water partition coefficient (Wildman–Crippen LogP) is 5.27. The van der Waals surface area contributed by atoms with Crippen LogP contribution in [0.15, 0.2) is 53.8 Å². The van der Waals surface area contributed by atoms with E-state index in [1.54, 1.807) is 32.3 Å². The third-order valence-corrected chi connectivity index (χ3v) is 11.1. The molecule has 4 aromatic heterocycles. The number of fused-ring (bicyclic) bond motifs is 4. The van der Waals surface area contributed by atoms with Crippen LogP contribution < -0.4 is 0 Å². The fourth-order valence-corrected chi connectivity index (χ4v) is 8.50.